The minimum Gasteiger partial charge on any atom is -0.459 e. The van der Waals surface area contributed by atoms with Gasteiger partial charge in [0, 0.05) is 18.0 Å². The van der Waals surface area contributed by atoms with Crippen LogP contribution in [0.25, 0.3) is 11.0 Å². The fourth-order valence-corrected chi connectivity index (χ4v) is 2.27. The number of nitrogens with one attached hydrogen (secondary N) is 2. The van der Waals surface area contributed by atoms with Gasteiger partial charge in [0.05, 0.1) is 12.7 Å². The molecule has 3 rings (SSSR count). The molecule has 0 aliphatic rings. The molecule has 3 aromatic rings. The highest BCUT2D eigenvalue weighted by molar-refractivity contribution is 5.78. The molecule has 0 saturated carbocycles. The van der Waals surface area contributed by atoms with Gasteiger partial charge >= 0.3 is 0 Å². The highest BCUT2D eigenvalue weighted by Gasteiger charge is 2.06. The van der Waals surface area contributed by atoms with E-state index in [2.05, 4.69) is 15.5 Å². The second-order valence-corrected chi connectivity index (χ2v) is 4.99. The van der Waals surface area contributed by atoms with Crippen molar-refractivity contribution in [2.45, 2.75) is 25.8 Å². The van der Waals surface area contributed by atoms with Crippen molar-refractivity contribution in [3.8, 4) is 0 Å². The number of H-pyrrole nitrogens is 1. The number of carbonyl (C=O) groups is 1. The van der Waals surface area contributed by atoms with E-state index in [0.29, 0.717) is 13.0 Å². The van der Waals surface area contributed by atoms with Crippen LogP contribution in [0.2, 0.25) is 0 Å². The van der Waals surface area contributed by atoms with Gasteiger partial charge in [0.2, 0.25) is 5.91 Å². The third-order valence-electron chi connectivity index (χ3n) is 3.36. The third-order valence-corrected chi connectivity index (χ3v) is 3.36. The molecule has 0 atom stereocenters. The van der Waals surface area contributed by atoms with Gasteiger partial charge in [-0.1, -0.05) is 18.2 Å². The molecule has 108 valence electrons. The largest absolute Gasteiger partial charge is 0.459 e. The lowest BCUT2D eigenvalue weighted by atomic mass is 10.1. The first kappa shape index (κ1) is 13.4. The van der Waals surface area contributed by atoms with Gasteiger partial charge in [0.1, 0.15) is 11.3 Å². The zero-order chi connectivity index (χ0) is 14.5. The zero-order valence-electron chi connectivity index (χ0n) is 11.6. The summed E-state index contributed by atoms with van der Waals surface area (Å²) in [6.07, 6.45) is 5.81. The van der Waals surface area contributed by atoms with E-state index in [4.69, 9.17) is 4.42 Å². The van der Waals surface area contributed by atoms with E-state index < -0.39 is 0 Å². The second-order valence-electron chi connectivity index (χ2n) is 4.99. The number of hydrogen-bond donors (Lipinski definition) is 2. The Hall–Kier alpha value is -2.56. The van der Waals surface area contributed by atoms with Gasteiger partial charge < -0.3 is 9.73 Å². The topological polar surface area (TPSA) is 70.9 Å². The van der Waals surface area contributed by atoms with Gasteiger partial charge in [-0.05, 0) is 30.5 Å². The maximum absolute atomic E-state index is 11.8. The van der Waals surface area contributed by atoms with Crippen molar-refractivity contribution in [2.24, 2.45) is 0 Å². The van der Waals surface area contributed by atoms with E-state index in [0.717, 1.165) is 35.1 Å². The SMILES string of the molecule is O=C(CCCc1cn[nH]c1)NCc1cc2ccccc2o1. The van der Waals surface area contributed by atoms with Crippen LogP contribution >= 0.6 is 0 Å². The van der Waals surface area contributed by atoms with Crippen molar-refractivity contribution in [1.82, 2.24) is 15.5 Å². The van der Waals surface area contributed by atoms with Gasteiger partial charge in [0.15, 0.2) is 0 Å². The highest BCUT2D eigenvalue weighted by atomic mass is 16.3. The van der Waals surface area contributed by atoms with Crippen LogP contribution in [-0.4, -0.2) is 16.1 Å². The number of nitrogens with zero attached hydrogens (tertiary/aromatic N) is 1. The van der Waals surface area contributed by atoms with Crippen LogP contribution in [0.1, 0.15) is 24.2 Å². The number of fused-ring (bicyclic) bond motifs is 1. The molecule has 0 saturated heterocycles. The summed E-state index contributed by atoms with van der Waals surface area (Å²) in [5, 5.41) is 10.6. The van der Waals surface area contributed by atoms with Crippen LogP contribution in [0.15, 0.2) is 47.1 Å². The Morgan fingerprint density at radius 1 is 1.33 bits per heavy atom. The number of hydrogen-bond acceptors (Lipinski definition) is 3. The number of benzene rings is 1. The first-order valence-corrected chi connectivity index (χ1v) is 7.03. The molecule has 5 heteroatoms. The van der Waals surface area contributed by atoms with Crippen LogP contribution in [0.3, 0.4) is 0 Å². The summed E-state index contributed by atoms with van der Waals surface area (Å²) in [5.74, 6) is 0.818. The third kappa shape index (κ3) is 3.51. The number of rotatable bonds is 6. The maximum Gasteiger partial charge on any atom is 0.220 e. The summed E-state index contributed by atoms with van der Waals surface area (Å²) in [6, 6.07) is 9.78. The van der Waals surface area contributed by atoms with Crippen molar-refractivity contribution in [3.63, 3.8) is 0 Å². The van der Waals surface area contributed by atoms with E-state index >= 15 is 0 Å². The number of carbonyl (C=O) groups excluding carboxylic acids is 1. The van der Waals surface area contributed by atoms with Crippen molar-refractivity contribution in [1.29, 1.82) is 0 Å². The molecule has 2 N–H and O–H groups in total. The number of amides is 1. The Balaban J connectivity index is 1.44. The molecule has 2 aromatic heterocycles. The summed E-state index contributed by atoms with van der Waals surface area (Å²) in [5.41, 5.74) is 1.97. The molecular weight excluding hydrogens is 266 g/mol. The minimum absolute atomic E-state index is 0.0407. The van der Waals surface area contributed by atoms with Crippen LogP contribution in [0.4, 0.5) is 0 Å². The first-order chi connectivity index (χ1) is 10.3. The molecule has 5 nitrogen and oxygen atoms in total. The number of furan rings is 1. The summed E-state index contributed by atoms with van der Waals surface area (Å²) in [4.78, 5) is 11.8. The lowest BCUT2D eigenvalue weighted by Gasteiger charge is -2.02. The standard InChI is InChI=1S/C16H17N3O2/c20-16(7-3-4-12-9-18-19-10-12)17-11-14-8-13-5-1-2-6-15(13)21-14/h1-2,5-6,8-10H,3-4,7,11H2,(H,17,20)(H,18,19). The lowest BCUT2D eigenvalue weighted by molar-refractivity contribution is -0.121. The number of aromatic amines is 1. The Kier molecular flexibility index (Phi) is 4.00. The van der Waals surface area contributed by atoms with E-state index in [1.807, 2.05) is 36.5 Å². The summed E-state index contributed by atoms with van der Waals surface area (Å²) < 4.78 is 5.65. The van der Waals surface area contributed by atoms with Crippen molar-refractivity contribution in [2.75, 3.05) is 0 Å². The smallest absolute Gasteiger partial charge is 0.220 e. The number of aryl methyl sites for hydroxylation is 1. The molecule has 0 unspecified atom stereocenters. The quantitative estimate of drug-likeness (QED) is 0.730. The molecule has 2 heterocycles. The molecule has 1 amide bonds. The average molecular weight is 283 g/mol. The van der Waals surface area contributed by atoms with Gasteiger partial charge in [0.25, 0.3) is 0 Å². The van der Waals surface area contributed by atoms with Gasteiger partial charge in [-0.25, -0.2) is 0 Å². The maximum atomic E-state index is 11.8. The molecule has 21 heavy (non-hydrogen) atoms. The van der Waals surface area contributed by atoms with Crippen LogP contribution in [-0.2, 0) is 17.8 Å². The molecular formula is C16H17N3O2. The van der Waals surface area contributed by atoms with Crippen molar-refractivity contribution >= 4 is 16.9 Å². The fourth-order valence-electron chi connectivity index (χ4n) is 2.27. The Labute approximate surface area is 122 Å². The van der Waals surface area contributed by atoms with E-state index in [1.54, 1.807) is 6.20 Å². The zero-order valence-corrected chi connectivity index (χ0v) is 11.6. The molecule has 0 aliphatic carbocycles. The van der Waals surface area contributed by atoms with Gasteiger partial charge in [-0.15, -0.1) is 0 Å². The highest BCUT2D eigenvalue weighted by Crippen LogP contribution is 2.18. The van der Waals surface area contributed by atoms with E-state index in [9.17, 15) is 4.79 Å². The predicted octanol–water partition coefficient (Wildman–Crippen LogP) is 2.80. The van der Waals surface area contributed by atoms with Crippen LogP contribution in [0.5, 0.6) is 0 Å². The number of para-hydroxylation sites is 1. The van der Waals surface area contributed by atoms with Crippen LogP contribution < -0.4 is 5.32 Å². The summed E-state index contributed by atoms with van der Waals surface area (Å²) in [7, 11) is 0. The summed E-state index contributed by atoms with van der Waals surface area (Å²) >= 11 is 0. The fraction of sp³-hybridized carbons (Fsp3) is 0.250. The normalized spacial score (nSPS) is 10.9. The van der Waals surface area contributed by atoms with Crippen molar-refractivity contribution in [3.05, 3.63) is 54.0 Å². The van der Waals surface area contributed by atoms with E-state index in [1.165, 1.54) is 0 Å². The molecule has 0 fully saturated rings. The monoisotopic (exact) mass is 283 g/mol. The second kappa shape index (κ2) is 6.26. The first-order valence-electron chi connectivity index (χ1n) is 7.03. The Morgan fingerprint density at radius 2 is 2.24 bits per heavy atom. The van der Waals surface area contributed by atoms with Gasteiger partial charge in [-0.3, -0.25) is 9.89 Å². The van der Waals surface area contributed by atoms with Gasteiger partial charge in [-0.2, -0.15) is 5.10 Å². The predicted molar refractivity (Wildman–Crippen MR) is 79.6 cm³/mol. The lowest BCUT2D eigenvalue weighted by Crippen LogP contribution is -2.22. The van der Waals surface area contributed by atoms with E-state index in [-0.39, 0.29) is 5.91 Å². The minimum atomic E-state index is 0.0407. The molecule has 0 radical (unpaired) electrons. The Bertz CT molecular complexity index is 683. The average Bonchev–Trinajstić information content (AvgIpc) is 3.13. The van der Waals surface area contributed by atoms with Crippen LogP contribution in [0, 0.1) is 0 Å². The molecule has 1 aromatic carbocycles. The van der Waals surface area contributed by atoms with Crippen molar-refractivity contribution < 1.29 is 9.21 Å². The molecule has 0 bridgehead atoms. The molecule has 0 spiro atoms. The summed E-state index contributed by atoms with van der Waals surface area (Å²) in [6.45, 7) is 0.430. The Morgan fingerprint density at radius 3 is 3.05 bits per heavy atom. The molecule has 0 aliphatic heterocycles. The number of aromatic nitrogens is 2.